The number of benzene rings is 1. The van der Waals surface area contributed by atoms with Crippen LogP contribution >= 0.6 is 22.9 Å². The molecule has 2 N–H and O–H groups in total. The Morgan fingerprint density at radius 1 is 1.34 bits per heavy atom. The number of methoxy groups -OCH3 is 1. The Balaban J connectivity index is 1.83. The van der Waals surface area contributed by atoms with Crippen molar-refractivity contribution in [2.24, 2.45) is 10.4 Å². The maximum Gasteiger partial charge on any atom is 0.338 e. The van der Waals surface area contributed by atoms with Gasteiger partial charge in [0.2, 0.25) is 0 Å². The van der Waals surface area contributed by atoms with Crippen molar-refractivity contribution in [3.8, 4) is 0 Å². The Hall–Kier alpha value is -2.96. The van der Waals surface area contributed by atoms with Crippen LogP contribution in [0, 0.1) is 11.2 Å². The number of ether oxygens (including phenoxy) is 1. The normalized spacial score (nSPS) is 22.7. The van der Waals surface area contributed by atoms with E-state index >= 15 is 8.78 Å². The summed E-state index contributed by atoms with van der Waals surface area (Å²) in [4.78, 5) is 34.8. The molecule has 0 bridgehead atoms. The summed E-state index contributed by atoms with van der Waals surface area (Å²) in [6, 6.07) is 1.83. The predicted molar refractivity (Wildman–Crippen MR) is 136 cm³/mol. The fourth-order valence-electron chi connectivity index (χ4n) is 4.91. The van der Waals surface area contributed by atoms with Crippen molar-refractivity contribution in [1.29, 1.82) is 0 Å². The highest BCUT2D eigenvalue weighted by Crippen LogP contribution is 2.49. The zero-order chi connectivity index (χ0) is 27.8. The lowest BCUT2D eigenvalue weighted by Crippen LogP contribution is -2.44. The minimum absolute atomic E-state index is 0.0145. The lowest BCUT2D eigenvalue weighted by atomic mass is 9.79. The number of amidine groups is 1. The summed E-state index contributed by atoms with van der Waals surface area (Å²) in [5.74, 6) is -5.29. The van der Waals surface area contributed by atoms with Crippen LogP contribution in [-0.4, -0.2) is 64.9 Å². The number of carboxylic acids is 1. The third-order valence-electron chi connectivity index (χ3n) is 7.03. The van der Waals surface area contributed by atoms with Crippen molar-refractivity contribution in [2.45, 2.75) is 44.7 Å². The number of aromatic nitrogens is 1. The average molecular weight is 571 g/mol. The van der Waals surface area contributed by atoms with Gasteiger partial charge in [-0.3, -0.25) is 14.7 Å². The highest BCUT2D eigenvalue weighted by Gasteiger charge is 2.60. The van der Waals surface area contributed by atoms with Gasteiger partial charge in [0.25, 0.3) is 5.92 Å². The molecule has 1 fully saturated rings. The van der Waals surface area contributed by atoms with Crippen molar-refractivity contribution in [3.05, 3.63) is 62.5 Å². The van der Waals surface area contributed by atoms with Crippen LogP contribution in [-0.2, 0) is 14.3 Å². The highest BCUT2D eigenvalue weighted by atomic mass is 35.5. The first kappa shape index (κ1) is 28.1. The Kier molecular flexibility index (Phi) is 7.87. The largest absolute Gasteiger partial charge is 0.481 e. The molecule has 1 aromatic heterocycles. The van der Waals surface area contributed by atoms with E-state index in [1.165, 1.54) is 49.3 Å². The number of nitrogens with zero attached hydrogens (tertiary/aromatic N) is 3. The molecule has 0 amide bonds. The van der Waals surface area contributed by atoms with Crippen LogP contribution in [0.5, 0.6) is 0 Å². The molecule has 0 aliphatic carbocycles. The first-order valence-electron chi connectivity index (χ1n) is 11.7. The average Bonchev–Trinajstić information content (AvgIpc) is 3.42. The zero-order valence-corrected chi connectivity index (χ0v) is 22.4. The molecule has 0 unspecified atom stereocenters. The van der Waals surface area contributed by atoms with Gasteiger partial charge in [0.05, 0.1) is 19.2 Å². The number of halogens is 4. The van der Waals surface area contributed by atoms with Crippen LogP contribution in [0.1, 0.15) is 43.3 Å². The standard InChI is InChI=1S/C25H26ClF3N4O4S/c1-24(2)17(6-7-18(34)35)33(12-25(24,28)29)11-16-19(23(36)37-3)20(14-5-4-13(27)10-15(14)26)32-21(31-16)22-30-8-9-38-22/h4-5,8-10,17,20H,6-7,11-12H2,1-3H3,(H,31,32)(H,34,35)/t17-,20-/m0/s1. The SMILES string of the molecule is COC(=O)C1=C(CN2CC(F)(F)C(C)(C)[C@@H]2CCC(=O)O)NC(c2nccs2)=N[C@H]1c1ccc(F)cc1Cl. The molecule has 2 atom stereocenters. The third kappa shape index (κ3) is 5.29. The van der Waals surface area contributed by atoms with Gasteiger partial charge in [0.1, 0.15) is 11.9 Å². The number of alkyl halides is 2. The van der Waals surface area contributed by atoms with Gasteiger partial charge < -0.3 is 15.2 Å². The summed E-state index contributed by atoms with van der Waals surface area (Å²) >= 11 is 7.62. The van der Waals surface area contributed by atoms with Gasteiger partial charge in [-0.1, -0.05) is 31.5 Å². The highest BCUT2D eigenvalue weighted by molar-refractivity contribution is 7.11. The Morgan fingerprint density at radius 3 is 2.68 bits per heavy atom. The number of nitrogens with one attached hydrogen (secondary N) is 1. The molecule has 2 aliphatic heterocycles. The summed E-state index contributed by atoms with van der Waals surface area (Å²) in [5.41, 5.74) is -0.965. The summed E-state index contributed by atoms with van der Waals surface area (Å²) in [6.07, 6.45) is 1.25. The monoisotopic (exact) mass is 570 g/mol. The van der Waals surface area contributed by atoms with Crippen LogP contribution in [0.2, 0.25) is 5.02 Å². The first-order valence-corrected chi connectivity index (χ1v) is 13.0. The van der Waals surface area contributed by atoms with Gasteiger partial charge in [-0.25, -0.2) is 22.9 Å². The fourth-order valence-corrected chi connectivity index (χ4v) is 5.77. The molecule has 1 saturated heterocycles. The number of aliphatic imine (C=N–C) groups is 1. The van der Waals surface area contributed by atoms with Crippen LogP contribution < -0.4 is 5.32 Å². The Morgan fingerprint density at radius 2 is 2.08 bits per heavy atom. The van der Waals surface area contributed by atoms with Crippen molar-refractivity contribution in [1.82, 2.24) is 15.2 Å². The molecule has 8 nitrogen and oxygen atoms in total. The minimum Gasteiger partial charge on any atom is -0.481 e. The summed E-state index contributed by atoms with van der Waals surface area (Å²) in [5, 5.41) is 14.5. The number of hydrogen-bond acceptors (Lipinski definition) is 8. The molecule has 0 spiro atoms. The Labute approximate surface area is 226 Å². The van der Waals surface area contributed by atoms with E-state index in [-0.39, 0.29) is 41.5 Å². The molecule has 204 valence electrons. The van der Waals surface area contributed by atoms with Gasteiger partial charge in [0.15, 0.2) is 10.8 Å². The summed E-state index contributed by atoms with van der Waals surface area (Å²) in [7, 11) is 1.18. The van der Waals surface area contributed by atoms with E-state index in [1.807, 2.05) is 0 Å². The second kappa shape index (κ2) is 10.7. The van der Waals surface area contributed by atoms with E-state index in [9.17, 15) is 19.1 Å². The van der Waals surface area contributed by atoms with E-state index in [0.29, 0.717) is 10.6 Å². The Bertz CT molecular complexity index is 1300. The van der Waals surface area contributed by atoms with E-state index in [2.05, 4.69) is 15.3 Å². The van der Waals surface area contributed by atoms with Crippen molar-refractivity contribution in [3.63, 3.8) is 0 Å². The van der Waals surface area contributed by atoms with Gasteiger partial charge >= 0.3 is 11.9 Å². The van der Waals surface area contributed by atoms with E-state index in [4.69, 9.17) is 16.3 Å². The second-order valence-electron chi connectivity index (χ2n) is 9.67. The number of likely N-dealkylation sites (tertiary alicyclic amines) is 1. The van der Waals surface area contributed by atoms with Gasteiger partial charge in [-0.05, 0) is 18.6 Å². The van der Waals surface area contributed by atoms with Crippen molar-refractivity contribution < 1.29 is 32.6 Å². The van der Waals surface area contributed by atoms with Crippen LogP contribution in [0.25, 0.3) is 0 Å². The molecular formula is C25H26ClF3N4O4S. The van der Waals surface area contributed by atoms with Gasteiger partial charge in [-0.2, -0.15) is 0 Å². The molecule has 1 aromatic carbocycles. The molecule has 0 saturated carbocycles. The topological polar surface area (TPSA) is 104 Å². The summed E-state index contributed by atoms with van der Waals surface area (Å²) in [6.45, 7) is 2.02. The second-order valence-corrected chi connectivity index (χ2v) is 11.0. The number of carboxylic acid groups (broad SMARTS) is 1. The zero-order valence-electron chi connectivity index (χ0n) is 20.8. The van der Waals surface area contributed by atoms with E-state index in [1.54, 1.807) is 11.6 Å². The molecular weight excluding hydrogens is 545 g/mol. The van der Waals surface area contributed by atoms with Crippen LogP contribution in [0.4, 0.5) is 13.2 Å². The smallest absolute Gasteiger partial charge is 0.338 e. The number of aliphatic carboxylic acids is 1. The molecule has 3 heterocycles. The molecule has 4 rings (SSSR count). The van der Waals surface area contributed by atoms with E-state index in [0.717, 1.165) is 6.07 Å². The predicted octanol–water partition coefficient (Wildman–Crippen LogP) is 4.66. The number of carbonyl (C=O) groups excluding carboxylic acids is 1. The maximum atomic E-state index is 15.2. The molecule has 2 aromatic rings. The fraction of sp³-hybridized carbons (Fsp3) is 0.440. The molecule has 2 aliphatic rings. The lowest BCUT2D eigenvalue weighted by Gasteiger charge is -2.35. The summed E-state index contributed by atoms with van der Waals surface area (Å²) < 4.78 is 49.2. The number of rotatable bonds is 8. The van der Waals surface area contributed by atoms with Crippen LogP contribution in [0.3, 0.4) is 0 Å². The molecule has 38 heavy (non-hydrogen) atoms. The minimum atomic E-state index is -3.12. The number of hydrogen-bond donors (Lipinski definition) is 2. The molecule has 0 radical (unpaired) electrons. The number of thiazole rings is 1. The van der Waals surface area contributed by atoms with Crippen LogP contribution in [0.15, 0.2) is 46.0 Å². The number of esters is 1. The first-order chi connectivity index (χ1) is 17.9. The molecule has 13 heteroatoms. The maximum absolute atomic E-state index is 15.2. The van der Waals surface area contributed by atoms with Crippen molar-refractivity contribution in [2.75, 3.05) is 20.2 Å². The number of carbonyl (C=O) groups is 2. The van der Waals surface area contributed by atoms with Gasteiger partial charge in [-0.15, -0.1) is 11.3 Å². The quantitative estimate of drug-likeness (QED) is 0.445. The lowest BCUT2D eigenvalue weighted by molar-refractivity contribution is -0.138. The van der Waals surface area contributed by atoms with Gasteiger partial charge in [0, 0.05) is 52.3 Å². The third-order valence-corrected chi connectivity index (χ3v) is 8.14. The van der Waals surface area contributed by atoms with Crippen molar-refractivity contribution >= 4 is 40.7 Å². The van der Waals surface area contributed by atoms with E-state index < -0.39 is 47.7 Å².